The van der Waals surface area contributed by atoms with Crippen LogP contribution < -0.4 is 9.47 Å². The highest BCUT2D eigenvalue weighted by Gasteiger charge is 2.24. The molecule has 0 spiro atoms. The van der Waals surface area contributed by atoms with Gasteiger partial charge in [-0.05, 0) is 23.8 Å². The summed E-state index contributed by atoms with van der Waals surface area (Å²) in [7, 11) is 3.26. The molecule has 0 saturated carbocycles. The predicted octanol–water partition coefficient (Wildman–Crippen LogP) is 4.79. The highest BCUT2D eigenvalue weighted by molar-refractivity contribution is 9.10. The third kappa shape index (κ3) is 1.94. The quantitative estimate of drug-likeness (QED) is 0.475. The molecule has 4 aromatic rings. The van der Waals surface area contributed by atoms with Gasteiger partial charge in [-0.15, -0.1) is 0 Å². The first-order valence-electron chi connectivity index (χ1n) is 7.41. The monoisotopic (exact) mass is 383 g/mol. The second-order valence-electron chi connectivity index (χ2n) is 5.49. The Balaban J connectivity index is 2.20. The van der Waals surface area contributed by atoms with E-state index in [4.69, 9.17) is 9.47 Å². The van der Waals surface area contributed by atoms with E-state index in [0.29, 0.717) is 11.4 Å². The SMILES string of the molecule is COc1cc(OC)c2c(-c3ccc(Br)cc3)c(C=O)n3ccc1c23. The summed E-state index contributed by atoms with van der Waals surface area (Å²) in [4.78, 5) is 11.9. The number of hydrogen-bond acceptors (Lipinski definition) is 3. The van der Waals surface area contributed by atoms with Crippen molar-refractivity contribution in [2.45, 2.75) is 0 Å². The van der Waals surface area contributed by atoms with Crippen LogP contribution in [-0.4, -0.2) is 24.9 Å². The lowest BCUT2D eigenvalue weighted by atomic mass is 10.0. The fourth-order valence-electron chi connectivity index (χ4n) is 3.32. The van der Waals surface area contributed by atoms with E-state index in [9.17, 15) is 4.79 Å². The van der Waals surface area contributed by atoms with Gasteiger partial charge in [0, 0.05) is 27.7 Å². The van der Waals surface area contributed by atoms with Crippen molar-refractivity contribution in [3.8, 4) is 22.6 Å². The number of halogens is 1. The maximum Gasteiger partial charge on any atom is 0.167 e. The van der Waals surface area contributed by atoms with Crippen molar-refractivity contribution >= 4 is 38.5 Å². The lowest BCUT2D eigenvalue weighted by Gasteiger charge is -2.09. The molecular formula is C19H14BrNO3. The molecule has 0 atom stereocenters. The van der Waals surface area contributed by atoms with E-state index < -0.39 is 0 Å². The van der Waals surface area contributed by atoms with Gasteiger partial charge in [0.1, 0.15) is 11.5 Å². The number of ether oxygens (including phenoxy) is 2. The zero-order valence-electron chi connectivity index (χ0n) is 13.2. The fourth-order valence-corrected chi connectivity index (χ4v) is 3.58. The van der Waals surface area contributed by atoms with Crippen molar-refractivity contribution in [2.24, 2.45) is 0 Å². The molecular weight excluding hydrogens is 370 g/mol. The van der Waals surface area contributed by atoms with E-state index in [0.717, 1.165) is 43.9 Å². The summed E-state index contributed by atoms with van der Waals surface area (Å²) in [6.45, 7) is 0. The van der Waals surface area contributed by atoms with Crippen LogP contribution in [0.4, 0.5) is 0 Å². The molecule has 0 fully saturated rings. The summed E-state index contributed by atoms with van der Waals surface area (Å²) in [5, 5.41) is 1.88. The molecule has 120 valence electrons. The molecule has 4 rings (SSSR count). The Hall–Kier alpha value is -2.53. The molecule has 2 aromatic carbocycles. The summed E-state index contributed by atoms with van der Waals surface area (Å²) < 4.78 is 14.0. The van der Waals surface area contributed by atoms with Crippen LogP contribution >= 0.6 is 15.9 Å². The third-order valence-electron chi connectivity index (χ3n) is 4.35. The van der Waals surface area contributed by atoms with Gasteiger partial charge >= 0.3 is 0 Å². The van der Waals surface area contributed by atoms with Crippen LogP contribution in [0.5, 0.6) is 11.5 Å². The predicted molar refractivity (Wildman–Crippen MR) is 97.7 cm³/mol. The average molecular weight is 384 g/mol. The summed E-state index contributed by atoms with van der Waals surface area (Å²) in [6.07, 6.45) is 2.79. The molecule has 0 aliphatic heterocycles. The third-order valence-corrected chi connectivity index (χ3v) is 4.88. The number of benzene rings is 2. The fraction of sp³-hybridized carbons (Fsp3) is 0.105. The van der Waals surface area contributed by atoms with E-state index in [-0.39, 0.29) is 0 Å². The van der Waals surface area contributed by atoms with Gasteiger partial charge in [-0.2, -0.15) is 0 Å². The molecule has 0 saturated heterocycles. The average Bonchev–Trinajstić information content (AvgIpc) is 3.17. The Bertz CT molecular complexity index is 1050. The Morgan fingerprint density at radius 2 is 1.75 bits per heavy atom. The van der Waals surface area contributed by atoms with Gasteiger partial charge in [0.25, 0.3) is 0 Å². The molecule has 0 radical (unpaired) electrons. The number of rotatable bonds is 4. The zero-order chi connectivity index (χ0) is 16.8. The van der Waals surface area contributed by atoms with Crippen LogP contribution in [-0.2, 0) is 0 Å². The van der Waals surface area contributed by atoms with E-state index in [1.165, 1.54) is 0 Å². The lowest BCUT2D eigenvalue weighted by molar-refractivity contribution is 0.111. The number of aromatic nitrogens is 1. The summed E-state index contributed by atoms with van der Waals surface area (Å²) in [5.74, 6) is 1.42. The lowest BCUT2D eigenvalue weighted by Crippen LogP contribution is -1.90. The largest absolute Gasteiger partial charge is 0.496 e. The minimum atomic E-state index is 0.605. The standard InChI is InChI=1S/C19H14BrNO3/c1-23-15-9-16(24-2)18-17(11-3-5-12(20)6-4-11)14(10-22)21-8-7-13(15)19(18)21/h3-10H,1-2H3. The molecule has 0 aliphatic carbocycles. The van der Waals surface area contributed by atoms with Crippen molar-refractivity contribution in [2.75, 3.05) is 14.2 Å². The molecule has 2 heterocycles. The first-order valence-corrected chi connectivity index (χ1v) is 8.21. The summed E-state index contributed by atoms with van der Waals surface area (Å²) in [6, 6.07) is 11.7. The number of carbonyl (C=O) groups is 1. The van der Waals surface area contributed by atoms with Crippen LogP contribution in [0.25, 0.3) is 27.4 Å². The molecule has 4 nitrogen and oxygen atoms in total. The maximum atomic E-state index is 11.9. The van der Waals surface area contributed by atoms with Gasteiger partial charge in [0.2, 0.25) is 0 Å². The van der Waals surface area contributed by atoms with Gasteiger partial charge < -0.3 is 13.9 Å². The smallest absolute Gasteiger partial charge is 0.167 e. The van der Waals surface area contributed by atoms with Crippen LogP contribution in [0.3, 0.4) is 0 Å². The first-order chi connectivity index (χ1) is 11.7. The number of carbonyl (C=O) groups excluding carboxylic acids is 1. The second-order valence-corrected chi connectivity index (χ2v) is 6.40. The number of nitrogens with zero attached hydrogens (tertiary/aromatic N) is 1. The van der Waals surface area contributed by atoms with Gasteiger partial charge in [-0.3, -0.25) is 4.79 Å². The Kier molecular flexibility index (Phi) is 3.46. The van der Waals surface area contributed by atoms with Crippen LogP contribution in [0.2, 0.25) is 0 Å². The van der Waals surface area contributed by atoms with Crippen molar-refractivity contribution in [3.05, 3.63) is 52.8 Å². The van der Waals surface area contributed by atoms with E-state index in [1.54, 1.807) is 14.2 Å². The summed E-state index contributed by atoms with van der Waals surface area (Å²) in [5.41, 5.74) is 3.38. The second kappa shape index (κ2) is 5.53. The van der Waals surface area contributed by atoms with Crippen LogP contribution in [0.1, 0.15) is 10.5 Å². The number of aldehydes is 1. The van der Waals surface area contributed by atoms with Crippen molar-refractivity contribution < 1.29 is 14.3 Å². The minimum absolute atomic E-state index is 0.605. The van der Waals surface area contributed by atoms with Crippen LogP contribution in [0.15, 0.2) is 47.1 Å². The molecule has 24 heavy (non-hydrogen) atoms. The molecule has 0 aliphatic rings. The normalized spacial score (nSPS) is 11.3. The number of methoxy groups -OCH3 is 2. The maximum absolute atomic E-state index is 11.9. The van der Waals surface area contributed by atoms with Gasteiger partial charge in [-0.1, -0.05) is 28.1 Å². The summed E-state index contributed by atoms with van der Waals surface area (Å²) >= 11 is 3.45. The number of hydrogen-bond donors (Lipinski definition) is 0. The Morgan fingerprint density at radius 3 is 2.38 bits per heavy atom. The van der Waals surface area contributed by atoms with Crippen molar-refractivity contribution in [1.82, 2.24) is 4.40 Å². The molecule has 5 heteroatoms. The molecule has 2 aromatic heterocycles. The van der Waals surface area contributed by atoms with E-state index in [2.05, 4.69) is 15.9 Å². The van der Waals surface area contributed by atoms with Crippen molar-refractivity contribution in [3.63, 3.8) is 0 Å². The van der Waals surface area contributed by atoms with Crippen molar-refractivity contribution in [1.29, 1.82) is 0 Å². The molecule has 0 bridgehead atoms. The molecule has 0 unspecified atom stereocenters. The van der Waals surface area contributed by atoms with E-state index in [1.807, 2.05) is 47.0 Å². The molecule has 0 amide bonds. The van der Waals surface area contributed by atoms with E-state index >= 15 is 0 Å². The van der Waals surface area contributed by atoms with Gasteiger partial charge in [0.05, 0.1) is 30.8 Å². The minimum Gasteiger partial charge on any atom is -0.496 e. The Morgan fingerprint density at radius 1 is 1.04 bits per heavy atom. The van der Waals surface area contributed by atoms with Gasteiger partial charge in [0.15, 0.2) is 6.29 Å². The van der Waals surface area contributed by atoms with Gasteiger partial charge in [-0.25, -0.2) is 0 Å². The first kappa shape index (κ1) is 15.0. The highest BCUT2D eigenvalue weighted by Crippen LogP contribution is 2.45. The zero-order valence-corrected chi connectivity index (χ0v) is 14.8. The highest BCUT2D eigenvalue weighted by atomic mass is 79.9. The topological polar surface area (TPSA) is 39.9 Å². The van der Waals surface area contributed by atoms with Crippen LogP contribution in [0, 0.1) is 0 Å². The molecule has 0 N–H and O–H groups in total. The Labute approximate surface area is 147 Å².